The lowest BCUT2D eigenvalue weighted by molar-refractivity contribution is -0.148. The van der Waals surface area contributed by atoms with E-state index in [2.05, 4.69) is 6.58 Å². The molecule has 6 heteroatoms. The molecule has 0 aliphatic rings. The minimum absolute atomic E-state index is 0.477. The van der Waals surface area contributed by atoms with Gasteiger partial charge in [-0.1, -0.05) is 67.2 Å². The Balaban J connectivity index is 2.69. The largest absolute Gasteiger partial charge is 0.445 e. The summed E-state index contributed by atoms with van der Waals surface area (Å²) in [5.41, 5.74) is -0.637. The second-order valence-electron chi connectivity index (χ2n) is 5.01. The average Bonchev–Trinajstić information content (AvgIpc) is 2.54. The van der Waals surface area contributed by atoms with E-state index in [-0.39, 0.29) is 0 Å². The molecule has 0 saturated heterocycles. The fraction of sp³-hybridized carbons (Fsp3) is 0.118. The highest BCUT2D eigenvalue weighted by Gasteiger charge is 2.43. The van der Waals surface area contributed by atoms with Gasteiger partial charge in [-0.3, -0.25) is 4.57 Å². The van der Waals surface area contributed by atoms with Crippen molar-refractivity contribution in [3.8, 4) is 0 Å². The predicted molar refractivity (Wildman–Crippen MR) is 86.9 cm³/mol. The Labute approximate surface area is 134 Å². The van der Waals surface area contributed by atoms with Gasteiger partial charge in [-0.2, -0.15) is 0 Å². The number of carbonyl (C=O) groups excluding carboxylic acids is 1. The van der Waals surface area contributed by atoms with Crippen LogP contribution in [0.15, 0.2) is 73.3 Å². The molecule has 0 saturated carbocycles. The van der Waals surface area contributed by atoms with Crippen LogP contribution in [0.3, 0.4) is 0 Å². The lowest BCUT2D eigenvalue weighted by Gasteiger charge is -2.34. The van der Waals surface area contributed by atoms with Gasteiger partial charge in [0.15, 0.2) is 5.60 Å². The first-order valence-electron chi connectivity index (χ1n) is 6.88. The smallest absolute Gasteiger partial charge is 0.331 e. The molecule has 0 atom stereocenters. The Morgan fingerprint density at radius 3 is 1.83 bits per heavy atom. The van der Waals surface area contributed by atoms with Crippen LogP contribution in [0.25, 0.3) is 0 Å². The molecule has 0 heterocycles. The van der Waals surface area contributed by atoms with E-state index in [1.54, 1.807) is 60.7 Å². The summed E-state index contributed by atoms with van der Waals surface area (Å²) in [6, 6.07) is 17.1. The lowest BCUT2D eigenvalue weighted by Crippen LogP contribution is -2.37. The zero-order valence-corrected chi connectivity index (χ0v) is 13.2. The lowest BCUT2D eigenvalue weighted by atomic mass is 9.87. The molecule has 0 aliphatic heterocycles. The second kappa shape index (κ2) is 6.92. The standard InChI is InChI=1S/C17H17O5P/c1-2-16(18)22-17(13-23(19,20)21,14-9-5-3-6-10-14)15-11-7-4-8-12-15/h2-12H,1,13H2,(H2,19,20,21). The topological polar surface area (TPSA) is 83.8 Å². The number of carbonyl (C=O) groups is 1. The number of ether oxygens (including phenoxy) is 1. The normalized spacial score (nSPS) is 11.7. The fourth-order valence-corrected chi connectivity index (χ4v) is 3.43. The van der Waals surface area contributed by atoms with E-state index in [4.69, 9.17) is 4.74 Å². The SMILES string of the molecule is C=CC(=O)OC(CP(=O)(O)O)(c1ccccc1)c1ccccc1. The molecule has 23 heavy (non-hydrogen) atoms. The first-order chi connectivity index (χ1) is 10.9. The first kappa shape index (κ1) is 17.2. The van der Waals surface area contributed by atoms with Crippen LogP contribution in [-0.2, 0) is 19.7 Å². The van der Waals surface area contributed by atoms with Crippen LogP contribution in [0.1, 0.15) is 11.1 Å². The van der Waals surface area contributed by atoms with Crippen LogP contribution in [-0.4, -0.2) is 21.9 Å². The van der Waals surface area contributed by atoms with Gasteiger partial charge in [0.1, 0.15) is 0 Å². The number of hydrogen-bond acceptors (Lipinski definition) is 3. The number of hydrogen-bond donors (Lipinski definition) is 2. The Kier molecular flexibility index (Phi) is 5.16. The molecule has 0 aromatic heterocycles. The number of benzene rings is 2. The van der Waals surface area contributed by atoms with E-state index >= 15 is 0 Å². The van der Waals surface area contributed by atoms with Crippen LogP contribution in [0, 0.1) is 0 Å². The molecule has 0 amide bonds. The van der Waals surface area contributed by atoms with Crippen molar-refractivity contribution in [2.45, 2.75) is 5.60 Å². The molecule has 0 fully saturated rings. The zero-order chi connectivity index (χ0) is 16.9. The quantitative estimate of drug-likeness (QED) is 0.483. The van der Waals surface area contributed by atoms with Crippen LogP contribution in [0.2, 0.25) is 0 Å². The second-order valence-corrected chi connectivity index (χ2v) is 6.65. The Bertz CT molecular complexity index is 682. The summed E-state index contributed by atoms with van der Waals surface area (Å²) < 4.78 is 17.2. The molecule has 0 unspecified atom stereocenters. The third kappa shape index (κ3) is 4.17. The average molecular weight is 332 g/mol. The van der Waals surface area contributed by atoms with Gasteiger partial charge >= 0.3 is 13.6 Å². The minimum Gasteiger partial charge on any atom is -0.445 e. The molecule has 2 aromatic rings. The maximum Gasteiger partial charge on any atom is 0.331 e. The monoisotopic (exact) mass is 332 g/mol. The molecule has 0 radical (unpaired) electrons. The minimum atomic E-state index is -4.50. The molecule has 2 N–H and O–H groups in total. The summed E-state index contributed by atoms with van der Waals surface area (Å²) >= 11 is 0. The highest BCUT2D eigenvalue weighted by atomic mass is 31.2. The Morgan fingerprint density at radius 2 is 1.48 bits per heavy atom. The van der Waals surface area contributed by atoms with Crippen molar-refractivity contribution in [1.82, 2.24) is 0 Å². The van der Waals surface area contributed by atoms with Crippen molar-refractivity contribution in [3.63, 3.8) is 0 Å². The molecule has 2 aromatic carbocycles. The van der Waals surface area contributed by atoms with Crippen molar-refractivity contribution in [2.75, 3.05) is 6.16 Å². The summed E-state index contributed by atoms with van der Waals surface area (Å²) in [6.07, 6.45) is 0.313. The zero-order valence-electron chi connectivity index (χ0n) is 12.3. The molecular weight excluding hydrogens is 315 g/mol. The summed E-state index contributed by atoms with van der Waals surface area (Å²) in [7, 11) is -4.50. The fourth-order valence-electron chi connectivity index (χ4n) is 2.42. The van der Waals surface area contributed by atoms with Crippen molar-refractivity contribution in [1.29, 1.82) is 0 Å². The van der Waals surface area contributed by atoms with Crippen LogP contribution >= 0.6 is 7.60 Å². The maximum atomic E-state index is 11.9. The van der Waals surface area contributed by atoms with Gasteiger partial charge in [0, 0.05) is 17.2 Å². The third-order valence-electron chi connectivity index (χ3n) is 3.35. The number of rotatable bonds is 6. The molecule has 5 nitrogen and oxygen atoms in total. The Hall–Kier alpha value is -2.20. The molecular formula is C17H17O5P. The van der Waals surface area contributed by atoms with E-state index < -0.39 is 25.3 Å². The first-order valence-corrected chi connectivity index (χ1v) is 8.68. The summed E-state index contributed by atoms with van der Waals surface area (Å²) in [5, 5.41) is 0. The third-order valence-corrected chi connectivity index (χ3v) is 4.21. The van der Waals surface area contributed by atoms with Crippen LogP contribution in [0.4, 0.5) is 0 Å². The van der Waals surface area contributed by atoms with E-state index in [1.807, 2.05) is 0 Å². The summed E-state index contributed by atoms with van der Waals surface area (Å²) in [5.74, 6) is -0.758. The van der Waals surface area contributed by atoms with Crippen LogP contribution < -0.4 is 0 Å². The summed E-state index contributed by atoms with van der Waals surface area (Å²) in [4.78, 5) is 31.0. The van der Waals surface area contributed by atoms with E-state index in [9.17, 15) is 19.1 Å². The molecule has 0 spiro atoms. The molecule has 0 bridgehead atoms. The van der Waals surface area contributed by atoms with Crippen molar-refractivity contribution < 1.29 is 23.9 Å². The summed E-state index contributed by atoms with van der Waals surface area (Å²) in [6.45, 7) is 3.36. The molecule has 0 aliphatic carbocycles. The van der Waals surface area contributed by atoms with Gasteiger partial charge in [0.05, 0.1) is 6.16 Å². The van der Waals surface area contributed by atoms with Gasteiger partial charge in [0.2, 0.25) is 0 Å². The van der Waals surface area contributed by atoms with Gasteiger partial charge in [-0.15, -0.1) is 0 Å². The highest BCUT2D eigenvalue weighted by molar-refractivity contribution is 7.51. The van der Waals surface area contributed by atoms with E-state index in [0.29, 0.717) is 11.1 Å². The van der Waals surface area contributed by atoms with Crippen molar-refractivity contribution in [3.05, 3.63) is 84.4 Å². The number of esters is 1. The Morgan fingerprint density at radius 1 is 1.04 bits per heavy atom. The highest BCUT2D eigenvalue weighted by Crippen LogP contribution is 2.47. The van der Waals surface area contributed by atoms with Gasteiger partial charge in [-0.25, -0.2) is 4.79 Å². The van der Waals surface area contributed by atoms with E-state index in [1.165, 1.54) is 0 Å². The van der Waals surface area contributed by atoms with Crippen LogP contribution in [0.5, 0.6) is 0 Å². The van der Waals surface area contributed by atoms with Gasteiger partial charge < -0.3 is 14.5 Å². The van der Waals surface area contributed by atoms with Gasteiger partial charge in [0.25, 0.3) is 0 Å². The predicted octanol–water partition coefficient (Wildman–Crippen LogP) is 2.84. The van der Waals surface area contributed by atoms with Crippen molar-refractivity contribution >= 4 is 13.6 Å². The molecule has 120 valence electrons. The van der Waals surface area contributed by atoms with Gasteiger partial charge in [-0.05, 0) is 0 Å². The molecule has 2 rings (SSSR count). The maximum absolute atomic E-state index is 11.9. The van der Waals surface area contributed by atoms with Crippen molar-refractivity contribution in [2.24, 2.45) is 0 Å². The van der Waals surface area contributed by atoms with E-state index in [0.717, 1.165) is 6.08 Å².